The summed E-state index contributed by atoms with van der Waals surface area (Å²) in [6.45, 7) is 1.88. The summed E-state index contributed by atoms with van der Waals surface area (Å²) >= 11 is 16.4. The number of hydrogen-bond acceptors (Lipinski definition) is 6. The summed E-state index contributed by atoms with van der Waals surface area (Å²) in [4.78, 5) is 15.1. The van der Waals surface area contributed by atoms with Crippen molar-refractivity contribution in [2.75, 3.05) is 13.1 Å². The van der Waals surface area contributed by atoms with Gasteiger partial charge >= 0.3 is 0 Å². The molecule has 11 heteroatoms. The number of amides is 1. The second-order valence-electron chi connectivity index (χ2n) is 8.49. The van der Waals surface area contributed by atoms with E-state index in [-0.39, 0.29) is 16.2 Å². The fraction of sp³-hybridized carbons (Fsp3) is 0.500. The van der Waals surface area contributed by atoms with Crippen LogP contribution in [0.15, 0.2) is 38.3 Å². The van der Waals surface area contributed by atoms with Crippen LogP contribution in [0.2, 0.25) is 10.0 Å². The van der Waals surface area contributed by atoms with Crippen LogP contribution in [0, 0.1) is 5.92 Å². The number of halogens is 3. The number of sulfonamides is 1. The van der Waals surface area contributed by atoms with E-state index in [1.807, 2.05) is 6.07 Å². The minimum absolute atomic E-state index is 0.141. The monoisotopic (exact) mass is 594 g/mol. The quantitative estimate of drug-likeness (QED) is 0.462. The number of nitrogens with zero attached hydrogens (tertiary/aromatic N) is 1. The van der Waals surface area contributed by atoms with Crippen LogP contribution >= 0.6 is 50.5 Å². The molecule has 4 rings (SSSR count). The largest absolute Gasteiger partial charge is 0.490 e. The van der Waals surface area contributed by atoms with E-state index in [4.69, 9.17) is 27.9 Å². The van der Waals surface area contributed by atoms with Gasteiger partial charge in [-0.05, 0) is 72.7 Å². The van der Waals surface area contributed by atoms with Crippen molar-refractivity contribution in [1.29, 1.82) is 0 Å². The summed E-state index contributed by atoms with van der Waals surface area (Å²) in [5, 5.41) is 2.69. The number of piperidine rings is 1. The van der Waals surface area contributed by atoms with Crippen molar-refractivity contribution in [3.8, 4) is 5.75 Å². The maximum Gasteiger partial charge on any atom is 0.273 e. The summed E-state index contributed by atoms with van der Waals surface area (Å²) < 4.78 is 34.0. The van der Waals surface area contributed by atoms with Crippen LogP contribution in [-0.2, 0) is 14.8 Å². The highest BCUT2D eigenvalue weighted by atomic mass is 79.9. The van der Waals surface area contributed by atoms with Gasteiger partial charge in [-0.3, -0.25) is 4.79 Å². The molecule has 1 aromatic carbocycles. The zero-order valence-electron chi connectivity index (χ0n) is 17.8. The van der Waals surface area contributed by atoms with E-state index in [0.717, 1.165) is 55.9 Å². The minimum atomic E-state index is -3.81. The van der Waals surface area contributed by atoms with E-state index < -0.39 is 15.9 Å². The van der Waals surface area contributed by atoms with Gasteiger partial charge in [0, 0.05) is 41.0 Å². The molecule has 1 amide bonds. The smallest absolute Gasteiger partial charge is 0.273 e. The molecule has 6 nitrogen and oxygen atoms in total. The second-order valence-corrected chi connectivity index (χ2v) is 13.0. The Kier molecular flexibility index (Phi) is 8.29. The zero-order valence-corrected chi connectivity index (χ0v) is 22.5. The molecule has 0 radical (unpaired) electrons. The van der Waals surface area contributed by atoms with Gasteiger partial charge in [0.05, 0.1) is 10.0 Å². The maximum absolute atomic E-state index is 12.6. The fourth-order valence-electron chi connectivity index (χ4n) is 4.51. The molecule has 2 heterocycles. The Bertz CT molecular complexity index is 1100. The average molecular weight is 596 g/mol. The summed E-state index contributed by atoms with van der Waals surface area (Å²) in [5.74, 6) is 0.0703. The van der Waals surface area contributed by atoms with Crippen LogP contribution in [0.3, 0.4) is 0 Å². The molecule has 0 bridgehead atoms. The molecule has 1 saturated carbocycles. The molecular formula is C22H25BrCl2N2O4S2. The van der Waals surface area contributed by atoms with Crippen molar-refractivity contribution >= 4 is 66.4 Å². The Labute approximate surface area is 216 Å². The standard InChI is InChI=1S/C22H25BrCl2N2O4S2/c23-15-11-21(32-13-15)33(29,30)26-22(28)14-1-3-16(4-2-14)27-9-7-17(8-10-27)31-18-5-6-19(24)20(25)12-18/h5-6,11-14,16-17H,1-4,7-10H2,(H,26,28)/t14-,16-. The molecule has 1 aromatic heterocycles. The van der Waals surface area contributed by atoms with Gasteiger partial charge in [-0.1, -0.05) is 23.2 Å². The Morgan fingerprint density at radius 3 is 2.36 bits per heavy atom. The molecular weight excluding hydrogens is 571 g/mol. The van der Waals surface area contributed by atoms with Gasteiger partial charge in [-0.25, -0.2) is 13.1 Å². The summed E-state index contributed by atoms with van der Waals surface area (Å²) in [6, 6.07) is 7.26. The van der Waals surface area contributed by atoms with Crippen LogP contribution in [-0.4, -0.2) is 44.5 Å². The lowest BCUT2D eigenvalue weighted by Gasteiger charge is -2.40. The molecule has 1 saturated heterocycles. The number of carbonyl (C=O) groups is 1. The Balaban J connectivity index is 1.22. The third kappa shape index (κ3) is 6.44. The summed E-state index contributed by atoms with van der Waals surface area (Å²) in [6.07, 6.45) is 5.16. The number of nitrogens with one attached hydrogen (secondary N) is 1. The van der Waals surface area contributed by atoms with E-state index in [2.05, 4.69) is 25.6 Å². The number of carbonyl (C=O) groups excluding carboxylic acids is 1. The van der Waals surface area contributed by atoms with E-state index >= 15 is 0 Å². The first-order chi connectivity index (χ1) is 15.7. The number of ether oxygens (including phenoxy) is 1. The molecule has 2 aliphatic rings. The number of thiophene rings is 1. The Hall–Kier alpha value is -0.840. The van der Waals surface area contributed by atoms with E-state index in [1.165, 1.54) is 6.07 Å². The van der Waals surface area contributed by atoms with Gasteiger partial charge < -0.3 is 9.64 Å². The highest BCUT2D eigenvalue weighted by molar-refractivity contribution is 9.10. The fourth-order valence-corrected chi connectivity index (χ4v) is 7.69. The Morgan fingerprint density at radius 2 is 1.76 bits per heavy atom. The van der Waals surface area contributed by atoms with E-state index in [9.17, 15) is 13.2 Å². The lowest BCUT2D eigenvalue weighted by molar-refractivity contribution is -0.124. The van der Waals surface area contributed by atoms with Crippen LogP contribution in [0.1, 0.15) is 38.5 Å². The molecule has 33 heavy (non-hydrogen) atoms. The lowest BCUT2D eigenvalue weighted by atomic mass is 9.84. The normalized spacial score (nSPS) is 22.8. The first-order valence-corrected chi connectivity index (χ1v) is 14.8. The molecule has 1 N–H and O–H groups in total. The summed E-state index contributed by atoms with van der Waals surface area (Å²) in [7, 11) is -3.81. The molecule has 2 aromatic rings. The van der Waals surface area contributed by atoms with Crippen molar-refractivity contribution in [2.45, 2.75) is 54.9 Å². The molecule has 0 spiro atoms. The van der Waals surface area contributed by atoms with Gasteiger partial charge in [0.25, 0.3) is 10.0 Å². The SMILES string of the molecule is O=C(NS(=O)(=O)c1cc(Br)cs1)[C@H]1CC[C@H](N2CCC(Oc3ccc(Cl)c(Cl)c3)CC2)CC1. The number of hydrogen-bond donors (Lipinski definition) is 1. The molecule has 1 aliphatic carbocycles. The number of rotatable bonds is 6. The molecule has 180 valence electrons. The number of benzene rings is 1. The average Bonchev–Trinajstić information content (AvgIpc) is 3.24. The van der Waals surface area contributed by atoms with E-state index in [1.54, 1.807) is 17.5 Å². The van der Waals surface area contributed by atoms with Crippen molar-refractivity contribution in [1.82, 2.24) is 9.62 Å². The third-order valence-corrected chi connectivity index (χ3v) is 10.6. The predicted molar refractivity (Wildman–Crippen MR) is 135 cm³/mol. The Morgan fingerprint density at radius 1 is 1.06 bits per heavy atom. The van der Waals surface area contributed by atoms with Crippen LogP contribution in [0.5, 0.6) is 5.75 Å². The van der Waals surface area contributed by atoms with Gasteiger partial charge in [-0.2, -0.15) is 0 Å². The minimum Gasteiger partial charge on any atom is -0.490 e. The van der Waals surface area contributed by atoms with Gasteiger partial charge in [0.1, 0.15) is 16.1 Å². The molecule has 1 aliphatic heterocycles. The lowest BCUT2D eigenvalue weighted by Crippen LogP contribution is -2.46. The highest BCUT2D eigenvalue weighted by Crippen LogP contribution is 2.32. The zero-order chi connectivity index (χ0) is 23.6. The van der Waals surface area contributed by atoms with Crippen molar-refractivity contribution in [3.63, 3.8) is 0 Å². The first kappa shape index (κ1) is 25.3. The van der Waals surface area contributed by atoms with Gasteiger partial charge in [0.2, 0.25) is 5.91 Å². The number of likely N-dealkylation sites (tertiary alicyclic amines) is 1. The molecule has 0 unspecified atom stereocenters. The molecule has 0 atom stereocenters. The van der Waals surface area contributed by atoms with Crippen molar-refractivity contribution in [3.05, 3.63) is 44.2 Å². The van der Waals surface area contributed by atoms with Crippen LogP contribution in [0.4, 0.5) is 0 Å². The second kappa shape index (κ2) is 10.8. The first-order valence-electron chi connectivity index (χ1n) is 10.9. The van der Waals surface area contributed by atoms with Crippen molar-refractivity contribution < 1.29 is 17.9 Å². The van der Waals surface area contributed by atoms with Crippen molar-refractivity contribution in [2.24, 2.45) is 5.92 Å². The third-order valence-electron chi connectivity index (χ3n) is 6.30. The predicted octanol–water partition coefficient (Wildman–Crippen LogP) is 5.72. The van der Waals surface area contributed by atoms with Gasteiger partial charge in [-0.15, -0.1) is 11.3 Å². The van der Waals surface area contributed by atoms with E-state index in [0.29, 0.717) is 33.4 Å². The highest BCUT2D eigenvalue weighted by Gasteiger charge is 2.33. The van der Waals surface area contributed by atoms with Crippen LogP contribution < -0.4 is 9.46 Å². The maximum atomic E-state index is 12.6. The topological polar surface area (TPSA) is 75.7 Å². The summed E-state index contributed by atoms with van der Waals surface area (Å²) in [5.41, 5.74) is 0. The van der Waals surface area contributed by atoms with Crippen LogP contribution in [0.25, 0.3) is 0 Å². The van der Waals surface area contributed by atoms with Gasteiger partial charge in [0.15, 0.2) is 0 Å². The molecule has 2 fully saturated rings.